The quantitative estimate of drug-likeness (QED) is 0.823. The maximum absolute atomic E-state index is 11.7. The Morgan fingerprint density at radius 2 is 2.05 bits per heavy atom. The monoisotopic (exact) mass is 313 g/mol. The van der Waals surface area contributed by atoms with Crippen molar-refractivity contribution in [1.29, 1.82) is 0 Å². The van der Waals surface area contributed by atoms with Crippen LogP contribution in [0.2, 0.25) is 0 Å². The van der Waals surface area contributed by atoms with Gasteiger partial charge in [-0.25, -0.2) is 9.40 Å². The summed E-state index contributed by atoms with van der Waals surface area (Å²) < 4.78 is 1.16. The molecule has 22 heavy (non-hydrogen) atoms. The summed E-state index contributed by atoms with van der Waals surface area (Å²) in [5, 5.41) is 3.41. The molecule has 3 heterocycles. The summed E-state index contributed by atoms with van der Waals surface area (Å²) >= 11 is 6.08. The van der Waals surface area contributed by atoms with E-state index in [2.05, 4.69) is 28.5 Å². The smallest absolute Gasteiger partial charge is 0.243 e. The Morgan fingerprint density at radius 1 is 1.14 bits per heavy atom. The number of carbonyl (C=O) groups excluding carboxylic acids is 1. The summed E-state index contributed by atoms with van der Waals surface area (Å²) in [4.78, 5) is 16.0. The van der Waals surface area contributed by atoms with Crippen LogP contribution in [-0.4, -0.2) is 17.4 Å². The van der Waals surface area contributed by atoms with Crippen molar-refractivity contribution in [3.63, 3.8) is 0 Å². The van der Waals surface area contributed by atoms with E-state index in [1.807, 2.05) is 6.07 Å². The lowest BCUT2D eigenvalue weighted by molar-refractivity contribution is -0.117. The molecule has 1 aromatic carbocycles. The van der Waals surface area contributed by atoms with Gasteiger partial charge in [0.2, 0.25) is 5.91 Å². The van der Waals surface area contributed by atoms with E-state index in [1.54, 1.807) is 6.20 Å². The second-order valence-electron chi connectivity index (χ2n) is 5.75. The molecule has 1 N–H and O–H groups in total. The van der Waals surface area contributed by atoms with Crippen molar-refractivity contribution < 1.29 is 4.79 Å². The fourth-order valence-corrected chi connectivity index (χ4v) is 3.49. The molecule has 0 aliphatic carbocycles. The fraction of sp³-hybridized carbons (Fsp3) is 0.294. The average molecular weight is 314 g/mol. The molecule has 0 spiro atoms. The highest BCUT2D eigenvalue weighted by Gasteiger charge is 2.26. The number of hydrogen-bond donors (Lipinski definition) is 1. The van der Waals surface area contributed by atoms with Gasteiger partial charge in [-0.15, -0.1) is 0 Å². The van der Waals surface area contributed by atoms with Crippen LogP contribution >= 0.6 is 11.8 Å². The maximum Gasteiger partial charge on any atom is 0.243 e. The van der Waals surface area contributed by atoms with E-state index in [9.17, 15) is 4.79 Å². The molecule has 112 valence electrons. The van der Waals surface area contributed by atoms with Gasteiger partial charge in [-0.1, -0.05) is 12.1 Å². The zero-order valence-electron chi connectivity index (χ0n) is 12.1. The Balaban J connectivity index is 1.82. The second-order valence-corrected chi connectivity index (χ2v) is 6.08. The summed E-state index contributed by atoms with van der Waals surface area (Å²) in [7, 11) is 0. The van der Waals surface area contributed by atoms with Crippen LogP contribution < -0.4 is 9.74 Å². The fourth-order valence-electron chi connectivity index (χ4n) is 3.26. The predicted molar refractivity (Wildman–Crippen MR) is 86.7 cm³/mol. The highest BCUT2D eigenvalue weighted by atomic mass is 35.5. The number of nitrogens with one attached hydrogen (secondary N) is 1. The first-order valence-corrected chi connectivity index (χ1v) is 7.87. The number of anilines is 1. The minimum absolute atomic E-state index is 0.0894. The van der Waals surface area contributed by atoms with E-state index in [4.69, 9.17) is 11.8 Å². The van der Waals surface area contributed by atoms with E-state index in [-0.39, 0.29) is 5.91 Å². The number of halogens is 1. The highest BCUT2D eigenvalue weighted by Crippen LogP contribution is 2.35. The Bertz CT molecular complexity index is 760. The van der Waals surface area contributed by atoms with Gasteiger partial charge in [0, 0.05) is 36.5 Å². The molecule has 1 aromatic heterocycles. The van der Waals surface area contributed by atoms with E-state index in [0.29, 0.717) is 18.7 Å². The SMILES string of the molecule is O=C1CCc2c(-c3ccc4c(c3)CNCC4)ccnc2N1Cl. The Labute approximate surface area is 134 Å². The predicted octanol–water partition coefficient (Wildman–Crippen LogP) is 2.83. The third kappa shape index (κ3) is 2.19. The van der Waals surface area contributed by atoms with Gasteiger partial charge in [0.05, 0.1) is 0 Å². The number of carbonyl (C=O) groups is 1. The van der Waals surface area contributed by atoms with Crippen LogP contribution in [0, 0.1) is 0 Å². The van der Waals surface area contributed by atoms with Crippen LogP contribution in [0.1, 0.15) is 23.1 Å². The Morgan fingerprint density at radius 3 is 2.95 bits per heavy atom. The van der Waals surface area contributed by atoms with Crippen LogP contribution in [0.15, 0.2) is 30.5 Å². The molecular weight excluding hydrogens is 298 g/mol. The first-order chi connectivity index (χ1) is 10.7. The minimum atomic E-state index is -0.0894. The standard InChI is InChI=1S/C17H16ClN3O/c18-21-16(22)4-3-15-14(6-8-20-17(15)21)12-2-1-11-5-7-19-10-13(11)9-12/h1-2,6,8-9,19H,3-5,7,10H2. The molecule has 2 aliphatic heterocycles. The largest absolute Gasteiger partial charge is 0.312 e. The number of benzene rings is 1. The molecule has 0 unspecified atom stereocenters. The summed E-state index contributed by atoms with van der Waals surface area (Å²) in [5.74, 6) is 0.486. The van der Waals surface area contributed by atoms with Gasteiger partial charge in [0.25, 0.3) is 0 Å². The van der Waals surface area contributed by atoms with Gasteiger partial charge in [-0.2, -0.15) is 0 Å². The maximum atomic E-state index is 11.7. The second kappa shape index (κ2) is 5.38. The van der Waals surface area contributed by atoms with Crippen LogP contribution in [-0.2, 0) is 24.2 Å². The summed E-state index contributed by atoms with van der Waals surface area (Å²) in [6.45, 7) is 1.96. The molecule has 0 radical (unpaired) electrons. The third-order valence-electron chi connectivity index (χ3n) is 4.43. The number of hydrogen-bond acceptors (Lipinski definition) is 3. The molecule has 2 aliphatic rings. The lowest BCUT2D eigenvalue weighted by Gasteiger charge is -2.24. The zero-order valence-corrected chi connectivity index (χ0v) is 12.9. The molecule has 0 bridgehead atoms. The van der Waals surface area contributed by atoms with Crippen LogP contribution in [0.4, 0.5) is 5.82 Å². The molecule has 5 heteroatoms. The number of pyridine rings is 1. The summed E-state index contributed by atoms with van der Waals surface area (Å²) in [6, 6.07) is 8.63. The topological polar surface area (TPSA) is 45.2 Å². The summed E-state index contributed by atoms with van der Waals surface area (Å²) in [5.41, 5.74) is 6.11. The molecular formula is C17H16ClN3O. The molecule has 2 aromatic rings. The number of nitrogens with zero attached hydrogens (tertiary/aromatic N) is 2. The van der Waals surface area contributed by atoms with Crippen molar-refractivity contribution in [2.24, 2.45) is 0 Å². The average Bonchev–Trinajstić information content (AvgIpc) is 2.57. The van der Waals surface area contributed by atoms with Crippen molar-refractivity contribution in [1.82, 2.24) is 10.3 Å². The molecule has 0 saturated heterocycles. The normalized spacial score (nSPS) is 17.1. The molecule has 1 amide bonds. The van der Waals surface area contributed by atoms with Crippen molar-refractivity contribution in [3.05, 3.63) is 47.2 Å². The zero-order chi connectivity index (χ0) is 15.1. The van der Waals surface area contributed by atoms with Gasteiger partial charge < -0.3 is 5.32 Å². The van der Waals surface area contributed by atoms with Crippen LogP contribution in [0.5, 0.6) is 0 Å². The van der Waals surface area contributed by atoms with E-state index in [0.717, 1.165) is 35.1 Å². The molecule has 4 nitrogen and oxygen atoms in total. The number of rotatable bonds is 1. The van der Waals surface area contributed by atoms with E-state index >= 15 is 0 Å². The van der Waals surface area contributed by atoms with Crippen LogP contribution in [0.25, 0.3) is 11.1 Å². The number of aromatic nitrogens is 1. The molecule has 4 rings (SSSR count). The van der Waals surface area contributed by atoms with E-state index < -0.39 is 0 Å². The van der Waals surface area contributed by atoms with Gasteiger partial charge in [-0.05, 0) is 53.8 Å². The lowest BCUT2D eigenvalue weighted by Crippen LogP contribution is -2.27. The third-order valence-corrected chi connectivity index (χ3v) is 4.78. The highest BCUT2D eigenvalue weighted by molar-refractivity contribution is 6.37. The van der Waals surface area contributed by atoms with Crippen molar-refractivity contribution in [3.8, 4) is 11.1 Å². The van der Waals surface area contributed by atoms with Gasteiger partial charge in [0.1, 0.15) is 0 Å². The number of amides is 1. The minimum Gasteiger partial charge on any atom is -0.312 e. The van der Waals surface area contributed by atoms with E-state index in [1.165, 1.54) is 16.7 Å². The molecule has 0 fully saturated rings. The first-order valence-electron chi connectivity index (χ1n) is 7.53. The van der Waals surface area contributed by atoms with Gasteiger partial charge >= 0.3 is 0 Å². The van der Waals surface area contributed by atoms with Gasteiger partial charge in [-0.3, -0.25) is 4.79 Å². The molecule has 0 saturated carbocycles. The Hall–Kier alpha value is -1.91. The molecule has 0 atom stereocenters. The van der Waals surface area contributed by atoms with Gasteiger partial charge in [0.15, 0.2) is 5.82 Å². The van der Waals surface area contributed by atoms with Crippen molar-refractivity contribution in [2.75, 3.05) is 11.0 Å². The van der Waals surface area contributed by atoms with Crippen LogP contribution in [0.3, 0.4) is 0 Å². The first kappa shape index (κ1) is 13.7. The summed E-state index contributed by atoms with van der Waals surface area (Å²) in [6.07, 6.45) is 3.92. The van der Waals surface area contributed by atoms with Crippen molar-refractivity contribution in [2.45, 2.75) is 25.8 Å². The lowest BCUT2D eigenvalue weighted by atomic mass is 9.91. The Kier molecular flexibility index (Phi) is 3.36. The van der Waals surface area contributed by atoms with Crippen molar-refractivity contribution >= 4 is 23.5 Å². The number of fused-ring (bicyclic) bond motifs is 2.